The van der Waals surface area contributed by atoms with E-state index in [4.69, 9.17) is 4.74 Å². The zero-order chi connectivity index (χ0) is 16.4. The Hall–Kier alpha value is -2.60. The summed E-state index contributed by atoms with van der Waals surface area (Å²) in [7, 11) is 0. The van der Waals surface area contributed by atoms with Crippen molar-refractivity contribution in [2.75, 3.05) is 18.1 Å². The predicted molar refractivity (Wildman–Crippen MR) is 82.1 cm³/mol. The monoisotopic (exact) mass is 317 g/mol. The van der Waals surface area contributed by atoms with E-state index in [1.807, 2.05) is 0 Å². The van der Waals surface area contributed by atoms with Crippen LogP contribution in [0, 0.1) is 5.82 Å². The Balaban J connectivity index is 1.89. The fourth-order valence-electron chi connectivity index (χ4n) is 2.61. The molecule has 0 aromatic heterocycles. The number of phenols is 1. The van der Waals surface area contributed by atoms with E-state index in [0.29, 0.717) is 17.9 Å². The lowest BCUT2D eigenvalue weighted by Crippen LogP contribution is -2.48. The lowest BCUT2D eigenvalue weighted by molar-refractivity contribution is -0.126. The molecule has 2 N–H and O–H groups in total. The number of aliphatic hydroxyl groups excluding tert-OH is 1. The van der Waals surface area contributed by atoms with E-state index in [2.05, 4.69) is 0 Å². The number of carbonyl (C=O) groups is 1. The molecule has 2 aromatic rings. The van der Waals surface area contributed by atoms with Gasteiger partial charge >= 0.3 is 0 Å². The van der Waals surface area contributed by atoms with Gasteiger partial charge in [0.1, 0.15) is 17.3 Å². The van der Waals surface area contributed by atoms with Crippen molar-refractivity contribution in [3.05, 3.63) is 53.8 Å². The minimum absolute atomic E-state index is 0.0140. The molecule has 0 saturated heterocycles. The normalized spacial score (nSPS) is 16.9. The fourth-order valence-corrected chi connectivity index (χ4v) is 2.61. The molecule has 0 spiro atoms. The number of benzene rings is 2. The summed E-state index contributed by atoms with van der Waals surface area (Å²) in [6.07, 6.45) is -0.467. The number of aliphatic hydroxyl groups is 1. The van der Waals surface area contributed by atoms with E-state index >= 15 is 0 Å². The number of phenolic OH excluding ortho intramolecular Hbond substituents is 1. The van der Waals surface area contributed by atoms with E-state index in [0.717, 1.165) is 5.56 Å². The number of β-amino-alcohol motifs (C(OH)–C–C–N with tert-alkyl or cyclic N) is 1. The van der Waals surface area contributed by atoms with Gasteiger partial charge in [-0.25, -0.2) is 4.39 Å². The minimum Gasteiger partial charge on any atom is -0.508 e. The van der Waals surface area contributed by atoms with Gasteiger partial charge in [0, 0.05) is 19.0 Å². The summed E-state index contributed by atoms with van der Waals surface area (Å²) in [5.41, 5.74) is 1.20. The molecule has 0 bridgehead atoms. The predicted octanol–water partition coefficient (Wildman–Crippen LogP) is 1.86. The van der Waals surface area contributed by atoms with Crippen LogP contribution in [0.5, 0.6) is 11.5 Å². The third-order valence-electron chi connectivity index (χ3n) is 3.70. The van der Waals surface area contributed by atoms with Crippen molar-refractivity contribution in [2.24, 2.45) is 0 Å². The van der Waals surface area contributed by atoms with Crippen molar-refractivity contribution in [3.63, 3.8) is 0 Å². The summed E-state index contributed by atoms with van der Waals surface area (Å²) in [5, 5.41) is 18.8. The first kappa shape index (κ1) is 15.3. The Labute approximate surface area is 132 Å². The van der Waals surface area contributed by atoms with Gasteiger partial charge in [0.15, 0.2) is 6.10 Å². The summed E-state index contributed by atoms with van der Waals surface area (Å²) in [4.78, 5) is 14.0. The molecule has 3 rings (SSSR count). The molecule has 0 aliphatic carbocycles. The van der Waals surface area contributed by atoms with Crippen molar-refractivity contribution < 1.29 is 24.1 Å². The summed E-state index contributed by atoms with van der Waals surface area (Å²) >= 11 is 0. The number of amides is 1. The van der Waals surface area contributed by atoms with Gasteiger partial charge in [-0.1, -0.05) is 12.1 Å². The average Bonchev–Trinajstić information content (AvgIpc) is 2.54. The van der Waals surface area contributed by atoms with Gasteiger partial charge in [-0.05, 0) is 29.8 Å². The maximum Gasteiger partial charge on any atom is 0.268 e. The van der Waals surface area contributed by atoms with Crippen LogP contribution >= 0.6 is 0 Å². The highest BCUT2D eigenvalue weighted by Crippen LogP contribution is 2.37. The highest BCUT2D eigenvalue weighted by Gasteiger charge is 2.34. The Kier molecular flexibility index (Phi) is 4.16. The van der Waals surface area contributed by atoms with Crippen molar-refractivity contribution >= 4 is 11.6 Å². The van der Waals surface area contributed by atoms with Crippen LogP contribution in [0.15, 0.2) is 42.5 Å². The van der Waals surface area contributed by atoms with E-state index in [1.54, 1.807) is 18.2 Å². The Morgan fingerprint density at radius 1 is 1.17 bits per heavy atom. The van der Waals surface area contributed by atoms with Crippen LogP contribution in [0.25, 0.3) is 0 Å². The molecule has 1 heterocycles. The first-order valence-corrected chi connectivity index (χ1v) is 7.25. The lowest BCUT2D eigenvalue weighted by Gasteiger charge is -2.34. The molecule has 2 aromatic carbocycles. The number of halogens is 1. The highest BCUT2D eigenvalue weighted by atomic mass is 19.1. The first-order chi connectivity index (χ1) is 11.1. The summed E-state index contributed by atoms with van der Waals surface area (Å²) < 4.78 is 18.7. The second kappa shape index (κ2) is 6.26. The van der Waals surface area contributed by atoms with Crippen LogP contribution in [0.3, 0.4) is 0 Å². The lowest BCUT2D eigenvalue weighted by atomic mass is 10.0. The number of aromatic hydroxyl groups is 1. The quantitative estimate of drug-likeness (QED) is 0.903. The Bertz CT molecular complexity index is 717. The maximum atomic E-state index is 13.0. The van der Waals surface area contributed by atoms with Gasteiger partial charge in [0.25, 0.3) is 5.91 Å². The van der Waals surface area contributed by atoms with E-state index in [9.17, 15) is 19.4 Å². The smallest absolute Gasteiger partial charge is 0.268 e. The molecule has 1 amide bonds. The Morgan fingerprint density at radius 2 is 1.91 bits per heavy atom. The molecular formula is C17H16FNO4. The first-order valence-electron chi connectivity index (χ1n) is 7.25. The van der Waals surface area contributed by atoms with Gasteiger partial charge < -0.3 is 19.8 Å². The van der Waals surface area contributed by atoms with Crippen LogP contribution < -0.4 is 9.64 Å². The van der Waals surface area contributed by atoms with Gasteiger partial charge in [-0.2, -0.15) is 0 Å². The number of fused-ring (bicyclic) bond motifs is 1. The highest BCUT2D eigenvalue weighted by molar-refractivity contribution is 6.00. The zero-order valence-electron chi connectivity index (χ0n) is 12.3. The number of rotatable bonds is 4. The second-order valence-corrected chi connectivity index (χ2v) is 5.30. The SMILES string of the molecule is O=C1C(Cc2ccc(F)cc2)Oc2ccc(O)cc2N1CCO. The van der Waals surface area contributed by atoms with Crippen molar-refractivity contribution in [3.8, 4) is 11.5 Å². The topological polar surface area (TPSA) is 70.0 Å². The van der Waals surface area contributed by atoms with Crippen LogP contribution in [0.2, 0.25) is 0 Å². The molecular weight excluding hydrogens is 301 g/mol. The zero-order valence-corrected chi connectivity index (χ0v) is 12.3. The molecule has 1 aliphatic rings. The average molecular weight is 317 g/mol. The van der Waals surface area contributed by atoms with Crippen LogP contribution in [0.1, 0.15) is 5.56 Å². The van der Waals surface area contributed by atoms with Crippen molar-refractivity contribution in [1.82, 2.24) is 0 Å². The van der Waals surface area contributed by atoms with Gasteiger partial charge in [0.2, 0.25) is 0 Å². The van der Waals surface area contributed by atoms with E-state index in [1.165, 1.54) is 29.2 Å². The number of ether oxygens (including phenoxy) is 1. The summed E-state index contributed by atoms with van der Waals surface area (Å²) in [6.45, 7) is -0.0946. The molecule has 120 valence electrons. The molecule has 1 atom stereocenters. The van der Waals surface area contributed by atoms with Crippen molar-refractivity contribution in [2.45, 2.75) is 12.5 Å². The maximum absolute atomic E-state index is 13.0. The minimum atomic E-state index is -0.760. The van der Waals surface area contributed by atoms with E-state index < -0.39 is 6.10 Å². The second-order valence-electron chi connectivity index (χ2n) is 5.30. The van der Waals surface area contributed by atoms with Gasteiger partial charge in [-0.15, -0.1) is 0 Å². The number of hydrogen-bond donors (Lipinski definition) is 2. The third-order valence-corrected chi connectivity index (χ3v) is 3.70. The number of anilines is 1. The van der Waals surface area contributed by atoms with E-state index in [-0.39, 0.29) is 30.6 Å². The molecule has 0 saturated carbocycles. The van der Waals surface area contributed by atoms with Crippen LogP contribution in [-0.4, -0.2) is 35.4 Å². The largest absolute Gasteiger partial charge is 0.508 e. The number of nitrogens with zero attached hydrogens (tertiary/aromatic N) is 1. The van der Waals surface area contributed by atoms with Crippen molar-refractivity contribution in [1.29, 1.82) is 0 Å². The molecule has 23 heavy (non-hydrogen) atoms. The molecule has 0 radical (unpaired) electrons. The summed E-state index contributed by atoms with van der Waals surface area (Å²) in [6, 6.07) is 10.4. The molecule has 1 aliphatic heterocycles. The molecule has 1 unspecified atom stereocenters. The number of carbonyl (C=O) groups excluding carboxylic acids is 1. The van der Waals surface area contributed by atoms with Gasteiger partial charge in [-0.3, -0.25) is 4.79 Å². The number of hydrogen-bond acceptors (Lipinski definition) is 4. The van der Waals surface area contributed by atoms with Crippen LogP contribution in [-0.2, 0) is 11.2 Å². The molecule has 5 nitrogen and oxygen atoms in total. The third kappa shape index (κ3) is 3.12. The molecule has 6 heteroatoms. The standard InChI is InChI=1S/C17H16FNO4/c18-12-3-1-11(2-4-12)9-16-17(22)19(7-8-20)14-10-13(21)5-6-15(14)23-16/h1-6,10,16,20-21H,7-9H2. The molecule has 0 fully saturated rings. The summed E-state index contributed by atoms with van der Waals surface area (Å²) in [5.74, 6) is -0.170. The fraction of sp³-hybridized carbons (Fsp3) is 0.235. The Morgan fingerprint density at radius 3 is 2.61 bits per heavy atom. The van der Waals surface area contributed by atoms with Crippen LogP contribution in [0.4, 0.5) is 10.1 Å². The van der Waals surface area contributed by atoms with Gasteiger partial charge in [0.05, 0.1) is 12.3 Å².